The van der Waals surface area contributed by atoms with Gasteiger partial charge in [0.2, 0.25) is 10.0 Å². The van der Waals surface area contributed by atoms with Crippen LogP contribution in [-0.2, 0) is 21.5 Å². The van der Waals surface area contributed by atoms with Crippen LogP contribution in [0.15, 0.2) is 29.4 Å². The zero-order valence-corrected chi connectivity index (χ0v) is 11.8. The first-order valence-corrected chi connectivity index (χ1v) is 7.90. The summed E-state index contributed by atoms with van der Waals surface area (Å²) in [5, 5.41) is 3.43. The maximum atomic E-state index is 11.9. The van der Waals surface area contributed by atoms with Crippen molar-refractivity contribution in [2.75, 3.05) is 12.3 Å². The zero-order chi connectivity index (χ0) is 14.6. The van der Waals surface area contributed by atoms with Crippen LogP contribution >= 0.6 is 0 Å². The zero-order valence-electron chi connectivity index (χ0n) is 11.0. The molecule has 0 spiro atoms. The fourth-order valence-corrected chi connectivity index (χ4v) is 3.69. The largest absolute Gasteiger partial charge is 0.380 e. The van der Waals surface area contributed by atoms with E-state index in [1.54, 1.807) is 12.1 Å². The Morgan fingerprint density at radius 2 is 2.00 bits per heavy atom. The van der Waals surface area contributed by atoms with Crippen LogP contribution in [0.2, 0.25) is 0 Å². The smallest absolute Gasteiger partial charge is 0.214 e. The van der Waals surface area contributed by atoms with Gasteiger partial charge in [-0.3, -0.25) is 0 Å². The van der Waals surface area contributed by atoms with Crippen molar-refractivity contribution in [3.63, 3.8) is 0 Å². The van der Waals surface area contributed by atoms with Crippen LogP contribution in [0.4, 0.5) is 0 Å². The summed E-state index contributed by atoms with van der Waals surface area (Å²) < 4.78 is 25.3. The number of hydrogen-bond donors (Lipinski definition) is 2. The normalized spacial score (nSPS) is 19.8. The van der Waals surface area contributed by atoms with Crippen molar-refractivity contribution < 1.29 is 13.4 Å². The predicted octanol–water partition coefficient (Wildman–Crippen LogP) is 0.123. The molecule has 110 valence electrons. The highest BCUT2D eigenvalue weighted by Crippen LogP contribution is 2.17. The van der Waals surface area contributed by atoms with Crippen molar-refractivity contribution >= 4 is 15.9 Å². The van der Waals surface area contributed by atoms with Gasteiger partial charge in [0, 0.05) is 18.7 Å². The topological polar surface area (TPSA) is 111 Å². The highest BCUT2D eigenvalue weighted by Gasteiger charge is 2.25. The van der Waals surface area contributed by atoms with Gasteiger partial charge in [-0.15, -0.1) is 5.90 Å². The Hall–Kier alpha value is -1.64. The predicted molar refractivity (Wildman–Crippen MR) is 75.9 cm³/mol. The third-order valence-corrected chi connectivity index (χ3v) is 5.12. The first-order chi connectivity index (χ1) is 9.53. The van der Waals surface area contributed by atoms with Gasteiger partial charge >= 0.3 is 0 Å². The van der Waals surface area contributed by atoms with Crippen LogP contribution in [0.1, 0.15) is 24.0 Å². The SMILES string of the molecule is NON=C(N)c1ccc(CN2CCCCS2(=O)=O)cc1. The molecule has 0 aromatic heterocycles. The first-order valence-electron chi connectivity index (χ1n) is 6.29. The van der Waals surface area contributed by atoms with Crippen LogP contribution in [-0.4, -0.2) is 30.9 Å². The van der Waals surface area contributed by atoms with Gasteiger partial charge in [0.1, 0.15) is 0 Å². The van der Waals surface area contributed by atoms with E-state index >= 15 is 0 Å². The molecular formula is C12H18N4O3S. The number of rotatable bonds is 4. The Bertz CT molecular complexity index is 583. The lowest BCUT2D eigenvalue weighted by Crippen LogP contribution is -2.37. The van der Waals surface area contributed by atoms with Gasteiger partial charge < -0.3 is 10.7 Å². The third-order valence-electron chi connectivity index (χ3n) is 3.21. The molecule has 1 heterocycles. The number of nitrogens with zero attached hydrogens (tertiary/aromatic N) is 2. The fraction of sp³-hybridized carbons (Fsp3) is 0.417. The van der Waals surface area contributed by atoms with Crippen molar-refractivity contribution in [1.29, 1.82) is 0 Å². The number of sulfonamides is 1. The van der Waals surface area contributed by atoms with E-state index in [-0.39, 0.29) is 11.6 Å². The van der Waals surface area contributed by atoms with E-state index in [1.807, 2.05) is 12.1 Å². The molecule has 0 unspecified atom stereocenters. The maximum absolute atomic E-state index is 11.9. The molecule has 1 aromatic carbocycles. The van der Waals surface area contributed by atoms with E-state index in [4.69, 9.17) is 11.6 Å². The molecule has 1 aromatic rings. The van der Waals surface area contributed by atoms with E-state index in [0.29, 0.717) is 18.7 Å². The van der Waals surface area contributed by atoms with Crippen molar-refractivity contribution in [2.24, 2.45) is 16.8 Å². The van der Waals surface area contributed by atoms with Crippen LogP contribution in [0.25, 0.3) is 0 Å². The Morgan fingerprint density at radius 1 is 1.30 bits per heavy atom. The average Bonchev–Trinajstić information content (AvgIpc) is 2.42. The lowest BCUT2D eigenvalue weighted by Gasteiger charge is -2.26. The molecule has 1 fully saturated rings. The maximum Gasteiger partial charge on any atom is 0.214 e. The van der Waals surface area contributed by atoms with Crippen molar-refractivity contribution in [3.05, 3.63) is 35.4 Å². The van der Waals surface area contributed by atoms with Crippen LogP contribution in [0, 0.1) is 0 Å². The van der Waals surface area contributed by atoms with Gasteiger partial charge in [0.25, 0.3) is 0 Å². The number of benzene rings is 1. The molecule has 0 saturated carbocycles. The Kier molecular flexibility index (Phi) is 4.58. The number of amidine groups is 1. The summed E-state index contributed by atoms with van der Waals surface area (Å²) in [7, 11) is -3.11. The Morgan fingerprint density at radius 3 is 2.60 bits per heavy atom. The van der Waals surface area contributed by atoms with E-state index < -0.39 is 10.0 Å². The van der Waals surface area contributed by atoms with Crippen molar-refractivity contribution in [2.45, 2.75) is 19.4 Å². The molecule has 8 heteroatoms. The molecule has 0 aliphatic carbocycles. The molecular weight excluding hydrogens is 280 g/mol. The van der Waals surface area contributed by atoms with Crippen LogP contribution in [0.3, 0.4) is 0 Å². The van der Waals surface area contributed by atoms with Crippen LogP contribution in [0.5, 0.6) is 0 Å². The molecule has 1 aliphatic rings. The highest BCUT2D eigenvalue weighted by molar-refractivity contribution is 7.89. The van der Waals surface area contributed by atoms with E-state index in [9.17, 15) is 8.42 Å². The molecule has 7 nitrogen and oxygen atoms in total. The number of oxime groups is 1. The van der Waals surface area contributed by atoms with Gasteiger partial charge in [-0.2, -0.15) is 4.31 Å². The fourth-order valence-electron chi connectivity index (χ4n) is 2.11. The molecule has 0 atom stereocenters. The summed E-state index contributed by atoms with van der Waals surface area (Å²) >= 11 is 0. The summed E-state index contributed by atoms with van der Waals surface area (Å²) in [5.74, 6) is 5.21. The first kappa shape index (κ1) is 14.8. The quantitative estimate of drug-likeness (QED) is 0.466. The molecule has 0 radical (unpaired) electrons. The van der Waals surface area contributed by atoms with Gasteiger partial charge in [0.05, 0.1) is 5.75 Å². The van der Waals surface area contributed by atoms with Gasteiger partial charge in [0.15, 0.2) is 5.84 Å². The molecule has 1 aliphatic heterocycles. The van der Waals surface area contributed by atoms with Crippen molar-refractivity contribution in [1.82, 2.24) is 4.31 Å². The summed E-state index contributed by atoms with van der Waals surface area (Å²) in [6.45, 7) is 0.960. The lowest BCUT2D eigenvalue weighted by molar-refractivity contribution is 0.149. The van der Waals surface area contributed by atoms with Gasteiger partial charge in [-0.05, 0) is 23.6 Å². The summed E-state index contributed by atoms with van der Waals surface area (Å²) in [6, 6.07) is 7.14. The van der Waals surface area contributed by atoms with Crippen molar-refractivity contribution in [3.8, 4) is 0 Å². The average molecular weight is 298 g/mol. The second-order valence-corrected chi connectivity index (χ2v) is 6.72. The Balaban J connectivity index is 2.09. The van der Waals surface area contributed by atoms with E-state index in [0.717, 1.165) is 18.4 Å². The van der Waals surface area contributed by atoms with E-state index in [2.05, 4.69) is 10.1 Å². The van der Waals surface area contributed by atoms with Gasteiger partial charge in [-0.1, -0.05) is 24.3 Å². The number of hydrogen-bond acceptors (Lipinski definition) is 5. The molecule has 1 saturated heterocycles. The summed E-state index contributed by atoms with van der Waals surface area (Å²) in [4.78, 5) is 4.11. The third kappa shape index (κ3) is 3.47. The highest BCUT2D eigenvalue weighted by atomic mass is 32.2. The van der Waals surface area contributed by atoms with Gasteiger partial charge in [-0.25, -0.2) is 8.42 Å². The summed E-state index contributed by atoms with van der Waals surface area (Å²) in [6.07, 6.45) is 1.65. The minimum absolute atomic E-state index is 0.171. The monoisotopic (exact) mass is 298 g/mol. The minimum atomic E-state index is -3.11. The molecule has 0 amide bonds. The summed E-state index contributed by atoms with van der Waals surface area (Å²) in [5.41, 5.74) is 7.19. The molecule has 20 heavy (non-hydrogen) atoms. The van der Waals surface area contributed by atoms with Crippen LogP contribution < -0.4 is 11.6 Å². The van der Waals surface area contributed by atoms with E-state index in [1.165, 1.54) is 4.31 Å². The number of nitrogens with two attached hydrogens (primary N) is 2. The molecule has 4 N–H and O–H groups in total. The second kappa shape index (κ2) is 6.21. The standard InChI is InChI=1S/C12H18N4O3S/c13-12(15-19-14)11-5-3-10(4-6-11)9-16-7-1-2-8-20(16,17)18/h3-6H,1-2,7-9,14H2,(H2,13,15). The second-order valence-electron chi connectivity index (χ2n) is 4.64. The Labute approximate surface area is 118 Å². The lowest BCUT2D eigenvalue weighted by atomic mass is 10.1. The molecule has 2 rings (SSSR count). The molecule has 0 bridgehead atoms. The minimum Gasteiger partial charge on any atom is -0.380 e.